The van der Waals surface area contributed by atoms with Crippen molar-refractivity contribution in [2.24, 2.45) is 0 Å². The molecule has 0 aromatic heterocycles. The Hall–Kier alpha value is -2.20. The first kappa shape index (κ1) is 14.7. The van der Waals surface area contributed by atoms with Crippen LogP contribution in [0.3, 0.4) is 0 Å². The van der Waals surface area contributed by atoms with E-state index in [2.05, 4.69) is 23.5 Å². The van der Waals surface area contributed by atoms with Gasteiger partial charge in [0.05, 0.1) is 14.2 Å². The molecule has 0 spiro atoms. The lowest BCUT2D eigenvalue weighted by atomic mass is 9.89. The van der Waals surface area contributed by atoms with E-state index in [1.165, 1.54) is 11.1 Å². The molecule has 1 heterocycles. The second-order valence-electron chi connectivity index (χ2n) is 5.50. The maximum absolute atomic E-state index is 10.5. The SMILES string of the molecule is COc1ccc(C[C@H]2NCCc3ccc(OC)c(O)c32)cc1. The highest BCUT2D eigenvalue weighted by Gasteiger charge is 2.25. The average molecular weight is 299 g/mol. The Morgan fingerprint density at radius 3 is 2.55 bits per heavy atom. The van der Waals surface area contributed by atoms with Gasteiger partial charge >= 0.3 is 0 Å². The van der Waals surface area contributed by atoms with Crippen molar-refractivity contribution in [1.29, 1.82) is 0 Å². The third kappa shape index (κ3) is 2.74. The van der Waals surface area contributed by atoms with E-state index < -0.39 is 0 Å². The summed E-state index contributed by atoms with van der Waals surface area (Å²) in [6.07, 6.45) is 1.74. The predicted octanol–water partition coefficient (Wildman–Crippen LogP) is 2.84. The number of ether oxygens (including phenoxy) is 2. The number of hydrogen-bond donors (Lipinski definition) is 2. The molecule has 2 aromatic carbocycles. The largest absolute Gasteiger partial charge is 0.504 e. The van der Waals surface area contributed by atoms with Gasteiger partial charge in [-0.1, -0.05) is 18.2 Å². The van der Waals surface area contributed by atoms with Gasteiger partial charge in [-0.15, -0.1) is 0 Å². The molecule has 3 rings (SSSR count). The number of fused-ring (bicyclic) bond motifs is 1. The number of hydrogen-bond acceptors (Lipinski definition) is 4. The molecular weight excluding hydrogens is 278 g/mol. The number of benzene rings is 2. The average Bonchev–Trinajstić information content (AvgIpc) is 2.56. The minimum absolute atomic E-state index is 0.0900. The fraction of sp³-hybridized carbons (Fsp3) is 0.333. The zero-order chi connectivity index (χ0) is 15.5. The Balaban J connectivity index is 1.90. The van der Waals surface area contributed by atoms with Crippen molar-refractivity contribution in [3.8, 4) is 17.2 Å². The Kier molecular flexibility index (Phi) is 4.20. The van der Waals surface area contributed by atoms with Gasteiger partial charge in [0.2, 0.25) is 0 Å². The fourth-order valence-electron chi connectivity index (χ4n) is 3.06. The van der Waals surface area contributed by atoms with Crippen LogP contribution in [0.1, 0.15) is 22.7 Å². The van der Waals surface area contributed by atoms with Crippen LogP contribution in [-0.2, 0) is 12.8 Å². The number of aromatic hydroxyl groups is 1. The molecule has 0 fully saturated rings. The molecule has 0 aliphatic carbocycles. The van der Waals surface area contributed by atoms with E-state index in [0.717, 1.165) is 30.7 Å². The highest BCUT2D eigenvalue weighted by atomic mass is 16.5. The summed E-state index contributed by atoms with van der Waals surface area (Å²) < 4.78 is 10.4. The molecule has 22 heavy (non-hydrogen) atoms. The van der Waals surface area contributed by atoms with Gasteiger partial charge in [0.15, 0.2) is 11.5 Å². The number of nitrogens with one attached hydrogen (secondary N) is 1. The van der Waals surface area contributed by atoms with Gasteiger partial charge in [-0.3, -0.25) is 0 Å². The molecule has 2 aromatic rings. The summed E-state index contributed by atoms with van der Waals surface area (Å²) in [6.45, 7) is 0.916. The van der Waals surface area contributed by atoms with Gasteiger partial charge in [0.1, 0.15) is 5.75 Å². The van der Waals surface area contributed by atoms with Crippen molar-refractivity contribution in [1.82, 2.24) is 5.32 Å². The van der Waals surface area contributed by atoms with Crippen LogP contribution in [0.25, 0.3) is 0 Å². The van der Waals surface area contributed by atoms with Crippen molar-refractivity contribution in [3.05, 3.63) is 53.1 Å². The van der Waals surface area contributed by atoms with E-state index >= 15 is 0 Å². The zero-order valence-electron chi connectivity index (χ0n) is 12.9. The van der Waals surface area contributed by atoms with Gasteiger partial charge in [0, 0.05) is 11.6 Å². The predicted molar refractivity (Wildman–Crippen MR) is 85.8 cm³/mol. The number of rotatable bonds is 4. The standard InChI is InChI=1S/C18H21NO3/c1-21-14-6-3-12(4-7-14)11-15-17-13(9-10-19-15)5-8-16(22-2)18(17)20/h3-8,15,19-20H,9-11H2,1-2H3/t15-/m1/s1. The van der Waals surface area contributed by atoms with E-state index in [1.54, 1.807) is 14.2 Å². The number of phenols is 1. The van der Waals surface area contributed by atoms with E-state index in [4.69, 9.17) is 9.47 Å². The summed E-state index contributed by atoms with van der Waals surface area (Å²) in [5.74, 6) is 1.64. The van der Waals surface area contributed by atoms with Crippen molar-refractivity contribution >= 4 is 0 Å². The molecule has 2 N–H and O–H groups in total. The lowest BCUT2D eigenvalue weighted by Crippen LogP contribution is -2.31. The second-order valence-corrected chi connectivity index (χ2v) is 5.50. The van der Waals surface area contributed by atoms with Crippen molar-refractivity contribution in [3.63, 3.8) is 0 Å². The Morgan fingerprint density at radius 1 is 1.09 bits per heavy atom. The number of phenolic OH excluding ortho intramolecular Hbond substituents is 1. The molecule has 0 unspecified atom stereocenters. The van der Waals surface area contributed by atoms with Crippen LogP contribution in [0.4, 0.5) is 0 Å². The third-order valence-electron chi connectivity index (χ3n) is 4.22. The first-order valence-corrected chi connectivity index (χ1v) is 7.48. The second kappa shape index (κ2) is 6.28. The van der Waals surface area contributed by atoms with Crippen LogP contribution in [0.2, 0.25) is 0 Å². The van der Waals surface area contributed by atoms with Crippen LogP contribution >= 0.6 is 0 Å². The highest BCUT2D eigenvalue weighted by molar-refractivity contribution is 5.52. The Bertz CT molecular complexity index is 652. The normalized spacial score (nSPS) is 16.9. The first-order chi connectivity index (χ1) is 10.7. The molecule has 1 atom stereocenters. The molecule has 0 radical (unpaired) electrons. The molecule has 0 saturated heterocycles. The minimum atomic E-state index is 0.0900. The quantitative estimate of drug-likeness (QED) is 0.911. The highest BCUT2D eigenvalue weighted by Crippen LogP contribution is 2.39. The van der Waals surface area contributed by atoms with E-state index in [0.29, 0.717) is 5.75 Å². The molecule has 1 aliphatic heterocycles. The summed E-state index contributed by atoms with van der Waals surface area (Å²) in [5, 5.41) is 14.0. The first-order valence-electron chi connectivity index (χ1n) is 7.48. The maximum atomic E-state index is 10.5. The molecular formula is C18H21NO3. The number of methoxy groups -OCH3 is 2. The van der Waals surface area contributed by atoms with E-state index in [-0.39, 0.29) is 11.8 Å². The molecule has 4 heteroatoms. The monoisotopic (exact) mass is 299 g/mol. The zero-order valence-corrected chi connectivity index (χ0v) is 12.9. The minimum Gasteiger partial charge on any atom is -0.504 e. The summed E-state index contributed by atoms with van der Waals surface area (Å²) >= 11 is 0. The maximum Gasteiger partial charge on any atom is 0.162 e. The van der Waals surface area contributed by atoms with Crippen molar-refractivity contribution < 1.29 is 14.6 Å². The molecule has 1 aliphatic rings. The van der Waals surface area contributed by atoms with Crippen molar-refractivity contribution in [2.75, 3.05) is 20.8 Å². The van der Waals surface area contributed by atoms with Gasteiger partial charge < -0.3 is 19.9 Å². The van der Waals surface area contributed by atoms with Crippen LogP contribution in [0, 0.1) is 0 Å². The van der Waals surface area contributed by atoms with Crippen molar-refractivity contribution in [2.45, 2.75) is 18.9 Å². The van der Waals surface area contributed by atoms with Crippen LogP contribution in [0.5, 0.6) is 17.2 Å². The van der Waals surface area contributed by atoms with Crippen LogP contribution in [0.15, 0.2) is 36.4 Å². The van der Waals surface area contributed by atoms with Gasteiger partial charge in [-0.05, 0) is 48.7 Å². The van der Waals surface area contributed by atoms with Gasteiger partial charge in [-0.2, -0.15) is 0 Å². The molecule has 0 bridgehead atoms. The van der Waals surface area contributed by atoms with E-state index in [1.807, 2.05) is 18.2 Å². The molecule has 116 valence electrons. The molecule has 0 saturated carbocycles. The lowest BCUT2D eigenvalue weighted by Gasteiger charge is -2.28. The van der Waals surface area contributed by atoms with Crippen LogP contribution in [-0.4, -0.2) is 25.9 Å². The molecule has 4 nitrogen and oxygen atoms in total. The molecule has 0 amide bonds. The summed E-state index contributed by atoms with van der Waals surface area (Å²) in [6, 6.07) is 12.0. The van der Waals surface area contributed by atoms with Crippen LogP contribution < -0.4 is 14.8 Å². The Labute approximate surface area is 130 Å². The summed E-state index contributed by atoms with van der Waals surface area (Å²) in [4.78, 5) is 0. The summed E-state index contributed by atoms with van der Waals surface area (Å²) in [5.41, 5.74) is 3.35. The summed E-state index contributed by atoms with van der Waals surface area (Å²) in [7, 11) is 3.24. The third-order valence-corrected chi connectivity index (χ3v) is 4.22. The lowest BCUT2D eigenvalue weighted by molar-refractivity contribution is 0.361. The van der Waals surface area contributed by atoms with E-state index in [9.17, 15) is 5.11 Å². The fourth-order valence-corrected chi connectivity index (χ4v) is 3.06. The topological polar surface area (TPSA) is 50.7 Å². The van der Waals surface area contributed by atoms with Gasteiger partial charge in [-0.25, -0.2) is 0 Å². The smallest absolute Gasteiger partial charge is 0.162 e. The van der Waals surface area contributed by atoms with Gasteiger partial charge in [0.25, 0.3) is 0 Å². The Morgan fingerprint density at radius 2 is 1.86 bits per heavy atom.